The van der Waals surface area contributed by atoms with E-state index in [4.69, 9.17) is 22.1 Å². The van der Waals surface area contributed by atoms with Crippen molar-refractivity contribution in [1.82, 2.24) is 14.8 Å². The van der Waals surface area contributed by atoms with Crippen LogP contribution in [-0.4, -0.2) is 21.9 Å². The first-order valence-corrected chi connectivity index (χ1v) is 6.40. The van der Waals surface area contributed by atoms with Crippen LogP contribution in [0, 0.1) is 0 Å². The van der Waals surface area contributed by atoms with Crippen LogP contribution in [0.1, 0.15) is 37.3 Å². The molecule has 0 radical (unpaired) electrons. The zero-order valence-electron chi connectivity index (χ0n) is 11.2. The molecule has 2 N–H and O–H groups in total. The van der Waals surface area contributed by atoms with Crippen LogP contribution in [0.25, 0.3) is 0 Å². The van der Waals surface area contributed by atoms with E-state index in [0.29, 0.717) is 10.8 Å². The second kappa shape index (κ2) is 5.59. The predicted molar refractivity (Wildman–Crippen MR) is 74.4 cm³/mol. The SMILES string of the molecule is COc1cnn(C(C)C)c1C(N)c1ccc(Cl)cn1. The van der Waals surface area contributed by atoms with Gasteiger partial charge in [-0.05, 0) is 26.0 Å². The molecule has 0 bridgehead atoms. The maximum Gasteiger partial charge on any atom is 0.161 e. The van der Waals surface area contributed by atoms with E-state index in [1.54, 1.807) is 25.6 Å². The van der Waals surface area contributed by atoms with Crippen LogP contribution in [-0.2, 0) is 0 Å². The van der Waals surface area contributed by atoms with Gasteiger partial charge in [0.25, 0.3) is 0 Å². The molecule has 2 aromatic rings. The Kier molecular flexibility index (Phi) is 4.07. The van der Waals surface area contributed by atoms with Gasteiger partial charge in [-0.1, -0.05) is 11.6 Å². The molecule has 0 amide bonds. The van der Waals surface area contributed by atoms with E-state index in [1.807, 2.05) is 24.6 Å². The van der Waals surface area contributed by atoms with Crippen molar-refractivity contribution >= 4 is 11.6 Å². The Balaban J connectivity index is 2.44. The van der Waals surface area contributed by atoms with E-state index in [2.05, 4.69) is 10.1 Å². The molecular weight excluding hydrogens is 264 g/mol. The molecular formula is C13H17ClN4O. The molecule has 102 valence electrons. The number of methoxy groups -OCH3 is 1. The third-order valence-corrected chi connectivity index (χ3v) is 3.09. The summed E-state index contributed by atoms with van der Waals surface area (Å²) in [6.45, 7) is 4.08. The van der Waals surface area contributed by atoms with Gasteiger partial charge in [-0.25, -0.2) is 0 Å². The van der Waals surface area contributed by atoms with Gasteiger partial charge in [-0.3, -0.25) is 9.67 Å². The summed E-state index contributed by atoms with van der Waals surface area (Å²) in [6, 6.07) is 3.37. The normalized spacial score (nSPS) is 12.7. The number of aromatic nitrogens is 3. The average molecular weight is 281 g/mol. The van der Waals surface area contributed by atoms with Gasteiger partial charge >= 0.3 is 0 Å². The minimum atomic E-state index is -0.405. The number of nitrogens with zero attached hydrogens (tertiary/aromatic N) is 3. The summed E-state index contributed by atoms with van der Waals surface area (Å²) >= 11 is 5.84. The highest BCUT2D eigenvalue weighted by Gasteiger charge is 2.22. The van der Waals surface area contributed by atoms with Crippen molar-refractivity contribution in [3.63, 3.8) is 0 Å². The van der Waals surface area contributed by atoms with Crippen molar-refractivity contribution in [2.75, 3.05) is 7.11 Å². The maximum absolute atomic E-state index is 6.28. The maximum atomic E-state index is 6.28. The molecule has 2 aromatic heterocycles. The van der Waals surface area contributed by atoms with E-state index in [0.717, 1.165) is 11.4 Å². The number of ether oxygens (including phenoxy) is 1. The van der Waals surface area contributed by atoms with Crippen molar-refractivity contribution in [2.45, 2.75) is 25.9 Å². The summed E-state index contributed by atoms with van der Waals surface area (Å²) in [5.74, 6) is 0.665. The molecule has 5 nitrogen and oxygen atoms in total. The number of halogens is 1. The second-order valence-electron chi connectivity index (χ2n) is 4.52. The standard InChI is InChI=1S/C13H17ClN4O/c1-8(2)18-13(11(19-3)7-17-18)12(15)10-5-4-9(14)6-16-10/h4-8,12H,15H2,1-3H3. The minimum absolute atomic E-state index is 0.192. The van der Waals surface area contributed by atoms with Crippen molar-refractivity contribution in [2.24, 2.45) is 5.73 Å². The number of hydrogen-bond acceptors (Lipinski definition) is 4. The Labute approximate surface area is 117 Å². The number of nitrogens with two attached hydrogens (primary N) is 1. The summed E-state index contributed by atoms with van der Waals surface area (Å²) in [5.41, 5.74) is 7.82. The molecule has 0 fully saturated rings. The summed E-state index contributed by atoms with van der Waals surface area (Å²) in [7, 11) is 1.60. The van der Waals surface area contributed by atoms with Crippen LogP contribution in [0.15, 0.2) is 24.5 Å². The molecule has 0 aliphatic rings. The monoisotopic (exact) mass is 280 g/mol. The smallest absolute Gasteiger partial charge is 0.161 e. The molecule has 0 spiro atoms. The molecule has 0 aromatic carbocycles. The molecule has 1 unspecified atom stereocenters. The van der Waals surface area contributed by atoms with Crippen LogP contribution in [0.4, 0.5) is 0 Å². The third kappa shape index (κ3) is 2.72. The number of rotatable bonds is 4. The van der Waals surface area contributed by atoms with Gasteiger partial charge in [0, 0.05) is 12.2 Å². The van der Waals surface area contributed by atoms with Gasteiger partial charge in [0.1, 0.15) is 5.69 Å². The zero-order chi connectivity index (χ0) is 14.0. The highest BCUT2D eigenvalue weighted by atomic mass is 35.5. The fourth-order valence-corrected chi connectivity index (χ4v) is 2.04. The first-order chi connectivity index (χ1) is 9.04. The molecule has 0 saturated carbocycles. The summed E-state index contributed by atoms with van der Waals surface area (Å²) < 4.78 is 7.17. The Morgan fingerprint density at radius 3 is 2.58 bits per heavy atom. The van der Waals surface area contributed by atoms with Crippen molar-refractivity contribution in [1.29, 1.82) is 0 Å². The molecule has 2 heterocycles. The summed E-state index contributed by atoms with van der Waals surface area (Å²) in [5, 5.41) is 4.89. The van der Waals surface area contributed by atoms with Gasteiger partial charge in [-0.15, -0.1) is 0 Å². The molecule has 0 aliphatic carbocycles. The number of hydrogen-bond donors (Lipinski definition) is 1. The highest BCUT2D eigenvalue weighted by Crippen LogP contribution is 2.29. The Morgan fingerprint density at radius 1 is 1.32 bits per heavy atom. The van der Waals surface area contributed by atoms with Gasteiger partial charge in [0.05, 0.1) is 30.1 Å². The number of pyridine rings is 1. The Morgan fingerprint density at radius 2 is 2.05 bits per heavy atom. The molecule has 19 heavy (non-hydrogen) atoms. The largest absolute Gasteiger partial charge is 0.493 e. The quantitative estimate of drug-likeness (QED) is 0.935. The van der Waals surface area contributed by atoms with Gasteiger partial charge in [0.15, 0.2) is 5.75 Å². The lowest BCUT2D eigenvalue weighted by atomic mass is 10.1. The second-order valence-corrected chi connectivity index (χ2v) is 4.95. The van der Waals surface area contributed by atoms with Gasteiger partial charge in [-0.2, -0.15) is 5.10 Å². The molecule has 0 aliphatic heterocycles. The first kappa shape index (κ1) is 13.8. The molecule has 6 heteroatoms. The van der Waals surface area contributed by atoms with Crippen LogP contribution < -0.4 is 10.5 Å². The van der Waals surface area contributed by atoms with Crippen LogP contribution >= 0.6 is 11.6 Å². The fourth-order valence-electron chi connectivity index (χ4n) is 1.93. The van der Waals surface area contributed by atoms with Crippen molar-refractivity contribution in [3.8, 4) is 5.75 Å². The van der Waals surface area contributed by atoms with Crippen molar-refractivity contribution in [3.05, 3.63) is 40.9 Å². The predicted octanol–water partition coefficient (Wildman–Crippen LogP) is 2.57. The lowest BCUT2D eigenvalue weighted by molar-refractivity contribution is 0.400. The zero-order valence-corrected chi connectivity index (χ0v) is 11.9. The third-order valence-electron chi connectivity index (χ3n) is 2.87. The molecule has 1 atom stereocenters. The lowest BCUT2D eigenvalue weighted by Crippen LogP contribution is -2.20. The van der Waals surface area contributed by atoms with Gasteiger partial charge in [0.2, 0.25) is 0 Å². The van der Waals surface area contributed by atoms with E-state index in [1.165, 1.54) is 0 Å². The van der Waals surface area contributed by atoms with E-state index >= 15 is 0 Å². The van der Waals surface area contributed by atoms with Crippen LogP contribution in [0.3, 0.4) is 0 Å². The highest BCUT2D eigenvalue weighted by molar-refractivity contribution is 6.30. The van der Waals surface area contributed by atoms with Crippen LogP contribution in [0.2, 0.25) is 5.02 Å². The van der Waals surface area contributed by atoms with Crippen LogP contribution in [0.5, 0.6) is 5.75 Å². The Hall–Kier alpha value is -1.59. The summed E-state index contributed by atoms with van der Waals surface area (Å²) in [6.07, 6.45) is 3.25. The van der Waals surface area contributed by atoms with Gasteiger partial charge < -0.3 is 10.5 Å². The minimum Gasteiger partial charge on any atom is -0.493 e. The lowest BCUT2D eigenvalue weighted by Gasteiger charge is -2.17. The average Bonchev–Trinajstić information content (AvgIpc) is 2.82. The fraction of sp³-hybridized carbons (Fsp3) is 0.385. The van der Waals surface area contributed by atoms with Crippen molar-refractivity contribution < 1.29 is 4.74 Å². The van der Waals surface area contributed by atoms with E-state index in [9.17, 15) is 0 Å². The first-order valence-electron chi connectivity index (χ1n) is 6.03. The molecule has 2 rings (SSSR count). The summed E-state index contributed by atoms with van der Waals surface area (Å²) in [4.78, 5) is 4.26. The van der Waals surface area contributed by atoms with E-state index in [-0.39, 0.29) is 6.04 Å². The topological polar surface area (TPSA) is 66.0 Å². The molecule has 0 saturated heterocycles. The Bertz CT molecular complexity index is 550. The van der Waals surface area contributed by atoms with E-state index < -0.39 is 6.04 Å².